The smallest absolute Gasteiger partial charge is 0.156 e. The van der Waals surface area contributed by atoms with Crippen LogP contribution in [0.1, 0.15) is 12.8 Å². The molecule has 0 aromatic rings. The Labute approximate surface area is 47.9 Å². The first-order valence-electron chi connectivity index (χ1n) is 2.77. The Morgan fingerprint density at radius 1 is 1.38 bits per heavy atom. The number of hydrogen-bond donors (Lipinski definition) is 2. The van der Waals surface area contributed by atoms with Crippen LogP contribution < -0.4 is 0 Å². The lowest BCUT2D eigenvalue weighted by Crippen LogP contribution is -2.28. The summed E-state index contributed by atoms with van der Waals surface area (Å²) in [7, 11) is 0. The van der Waals surface area contributed by atoms with Crippen molar-refractivity contribution in [3.05, 3.63) is 0 Å². The molecule has 3 nitrogen and oxygen atoms in total. The standard InChI is InChI=1S/C5H10O3/c6-4-1-2-8-5(7)3-4/h4-7H,1-3H2/t4-,5-/m0/s1. The van der Waals surface area contributed by atoms with Crippen molar-refractivity contribution in [2.75, 3.05) is 6.61 Å². The minimum absolute atomic E-state index is 0.361. The summed E-state index contributed by atoms with van der Waals surface area (Å²) in [5.74, 6) is 0. The highest BCUT2D eigenvalue weighted by Gasteiger charge is 2.17. The van der Waals surface area contributed by atoms with E-state index in [9.17, 15) is 0 Å². The van der Waals surface area contributed by atoms with Crippen LogP contribution in [0, 0.1) is 0 Å². The van der Waals surface area contributed by atoms with Gasteiger partial charge in [0.05, 0.1) is 12.7 Å². The van der Waals surface area contributed by atoms with Crippen molar-refractivity contribution in [1.82, 2.24) is 0 Å². The van der Waals surface area contributed by atoms with Gasteiger partial charge in [-0.05, 0) is 6.42 Å². The largest absolute Gasteiger partial charge is 0.393 e. The van der Waals surface area contributed by atoms with Crippen molar-refractivity contribution in [1.29, 1.82) is 0 Å². The van der Waals surface area contributed by atoms with Gasteiger partial charge in [0.25, 0.3) is 0 Å². The van der Waals surface area contributed by atoms with Crippen LogP contribution in [-0.2, 0) is 4.74 Å². The summed E-state index contributed by atoms with van der Waals surface area (Å²) in [6, 6.07) is 0. The minimum Gasteiger partial charge on any atom is -0.393 e. The van der Waals surface area contributed by atoms with Gasteiger partial charge in [-0.25, -0.2) is 0 Å². The van der Waals surface area contributed by atoms with Gasteiger partial charge in [-0.1, -0.05) is 0 Å². The lowest BCUT2D eigenvalue weighted by atomic mass is 10.1. The molecule has 0 saturated carbocycles. The lowest BCUT2D eigenvalue weighted by molar-refractivity contribution is -0.152. The molecule has 1 saturated heterocycles. The number of ether oxygens (including phenoxy) is 1. The van der Waals surface area contributed by atoms with Crippen molar-refractivity contribution in [3.8, 4) is 0 Å². The van der Waals surface area contributed by atoms with Crippen molar-refractivity contribution in [2.45, 2.75) is 25.2 Å². The van der Waals surface area contributed by atoms with Crippen LogP contribution in [0.3, 0.4) is 0 Å². The second-order valence-corrected chi connectivity index (χ2v) is 2.00. The van der Waals surface area contributed by atoms with E-state index in [2.05, 4.69) is 0 Å². The molecule has 0 aliphatic carbocycles. The molecule has 1 aliphatic rings. The van der Waals surface area contributed by atoms with Crippen LogP contribution in [0.5, 0.6) is 0 Å². The van der Waals surface area contributed by atoms with Gasteiger partial charge in [0.15, 0.2) is 6.29 Å². The third-order valence-corrected chi connectivity index (χ3v) is 1.24. The molecule has 1 heterocycles. The summed E-state index contributed by atoms with van der Waals surface area (Å²) in [5.41, 5.74) is 0. The molecule has 0 radical (unpaired) electrons. The second-order valence-electron chi connectivity index (χ2n) is 2.00. The van der Waals surface area contributed by atoms with E-state index in [4.69, 9.17) is 14.9 Å². The molecule has 0 spiro atoms. The number of aliphatic hydroxyl groups is 2. The zero-order chi connectivity index (χ0) is 5.98. The van der Waals surface area contributed by atoms with E-state index in [0.717, 1.165) is 0 Å². The van der Waals surface area contributed by atoms with Crippen molar-refractivity contribution in [2.24, 2.45) is 0 Å². The molecule has 48 valence electrons. The first kappa shape index (κ1) is 6.01. The fraction of sp³-hybridized carbons (Fsp3) is 1.00. The summed E-state index contributed by atoms with van der Waals surface area (Å²) in [6.07, 6.45) is -0.0886. The Hall–Kier alpha value is -0.120. The highest BCUT2D eigenvalue weighted by atomic mass is 16.6. The van der Waals surface area contributed by atoms with Gasteiger partial charge in [0, 0.05) is 6.42 Å². The predicted octanol–water partition coefficient (Wildman–Crippen LogP) is -0.524. The average Bonchev–Trinajstić information content (AvgIpc) is 1.64. The first-order chi connectivity index (χ1) is 3.79. The normalized spacial score (nSPS) is 39.8. The van der Waals surface area contributed by atoms with Crippen molar-refractivity contribution in [3.63, 3.8) is 0 Å². The van der Waals surface area contributed by atoms with E-state index in [-0.39, 0.29) is 6.10 Å². The van der Waals surface area contributed by atoms with Crippen LogP contribution in [0.2, 0.25) is 0 Å². The molecule has 0 bridgehead atoms. The average molecular weight is 118 g/mol. The molecule has 1 aliphatic heterocycles. The summed E-state index contributed by atoms with van der Waals surface area (Å²) >= 11 is 0. The molecular weight excluding hydrogens is 108 g/mol. The number of aliphatic hydroxyl groups excluding tert-OH is 2. The zero-order valence-electron chi connectivity index (χ0n) is 4.58. The highest BCUT2D eigenvalue weighted by molar-refractivity contribution is 4.61. The molecular formula is C5H10O3. The van der Waals surface area contributed by atoms with Crippen LogP contribution in [-0.4, -0.2) is 29.2 Å². The maximum absolute atomic E-state index is 8.84. The topological polar surface area (TPSA) is 49.7 Å². The summed E-state index contributed by atoms with van der Waals surface area (Å²) in [5, 5.41) is 17.5. The predicted molar refractivity (Wildman–Crippen MR) is 27.2 cm³/mol. The monoisotopic (exact) mass is 118 g/mol. The van der Waals surface area contributed by atoms with E-state index in [1.807, 2.05) is 0 Å². The summed E-state index contributed by atoms with van der Waals surface area (Å²) in [6.45, 7) is 0.475. The van der Waals surface area contributed by atoms with Gasteiger partial charge in [-0.2, -0.15) is 0 Å². The first-order valence-corrected chi connectivity index (χ1v) is 2.77. The van der Waals surface area contributed by atoms with Gasteiger partial charge in [-0.15, -0.1) is 0 Å². The Balaban J connectivity index is 2.23. The molecule has 0 amide bonds. The lowest BCUT2D eigenvalue weighted by Gasteiger charge is -2.21. The van der Waals surface area contributed by atoms with E-state index in [1.54, 1.807) is 0 Å². The van der Waals surface area contributed by atoms with Crippen molar-refractivity contribution >= 4 is 0 Å². The zero-order valence-corrected chi connectivity index (χ0v) is 4.58. The number of hydrogen-bond acceptors (Lipinski definition) is 3. The Morgan fingerprint density at radius 2 is 2.12 bits per heavy atom. The molecule has 0 unspecified atom stereocenters. The quantitative estimate of drug-likeness (QED) is 0.450. The SMILES string of the molecule is O[C@H]1CCO[C@H](O)C1. The molecule has 0 aromatic carbocycles. The van der Waals surface area contributed by atoms with E-state index in [1.165, 1.54) is 0 Å². The minimum atomic E-state index is -0.737. The molecule has 2 N–H and O–H groups in total. The van der Waals surface area contributed by atoms with Crippen LogP contribution in [0.15, 0.2) is 0 Å². The molecule has 2 atom stereocenters. The maximum Gasteiger partial charge on any atom is 0.156 e. The van der Waals surface area contributed by atoms with Gasteiger partial charge < -0.3 is 14.9 Å². The van der Waals surface area contributed by atoms with Gasteiger partial charge in [0.2, 0.25) is 0 Å². The van der Waals surface area contributed by atoms with E-state index >= 15 is 0 Å². The molecule has 8 heavy (non-hydrogen) atoms. The third-order valence-electron chi connectivity index (χ3n) is 1.24. The van der Waals surface area contributed by atoms with E-state index < -0.39 is 6.29 Å². The second kappa shape index (κ2) is 2.44. The fourth-order valence-corrected chi connectivity index (χ4v) is 0.759. The van der Waals surface area contributed by atoms with Gasteiger partial charge >= 0.3 is 0 Å². The van der Waals surface area contributed by atoms with Crippen molar-refractivity contribution < 1.29 is 14.9 Å². The van der Waals surface area contributed by atoms with Gasteiger partial charge in [0.1, 0.15) is 0 Å². The summed E-state index contributed by atoms with van der Waals surface area (Å²) in [4.78, 5) is 0. The van der Waals surface area contributed by atoms with Crippen LogP contribution in [0.4, 0.5) is 0 Å². The molecule has 1 fully saturated rings. The highest BCUT2D eigenvalue weighted by Crippen LogP contribution is 2.10. The molecule has 1 rings (SSSR count). The Kier molecular flexibility index (Phi) is 1.83. The Morgan fingerprint density at radius 3 is 2.50 bits per heavy atom. The van der Waals surface area contributed by atoms with Gasteiger partial charge in [-0.3, -0.25) is 0 Å². The molecule has 3 heteroatoms. The fourth-order valence-electron chi connectivity index (χ4n) is 0.759. The van der Waals surface area contributed by atoms with Crippen LogP contribution >= 0.6 is 0 Å². The molecule has 0 aromatic heterocycles. The summed E-state index contributed by atoms with van der Waals surface area (Å²) < 4.78 is 4.74. The van der Waals surface area contributed by atoms with E-state index in [0.29, 0.717) is 19.4 Å². The van der Waals surface area contributed by atoms with Crippen LogP contribution in [0.25, 0.3) is 0 Å². The Bertz CT molecular complexity index is 66.1. The third kappa shape index (κ3) is 1.43. The maximum atomic E-state index is 8.84. The number of rotatable bonds is 0.